The smallest absolute Gasteiger partial charge is 0.202 e. The highest BCUT2D eigenvalue weighted by atomic mass is 35.5. The monoisotopic (exact) mass is 384 g/mol. The van der Waals surface area contributed by atoms with Gasteiger partial charge in [0, 0.05) is 37.9 Å². The number of likely N-dealkylation sites (N-methyl/N-ethyl adjacent to an activating group) is 1. The summed E-state index contributed by atoms with van der Waals surface area (Å²) in [7, 11) is 2.11. The first-order valence-electron chi connectivity index (χ1n) is 8.84. The number of rotatable bonds is 2. The van der Waals surface area contributed by atoms with E-state index < -0.39 is 0 Å². The number of carbonyl (C=O) groups excluding carboxylic acids is 1. The molecule has 0 saturated carbocycles. The Labute approximate surface area is 162 Å². The number of fused-ring (bicyclic) bond motifs is 1. The fraction of sp³-hybridized carbons (Fsp3) is 0.316. The molecule has 7 nitrogen and oxygen atoms in total. The largest absolute Gasteiger partial charge is 0.396 e. The molecule has 1 saturated heterocycles. The number of carbonyl (C=O) groups is 1. The zero-order chi connectivity index (χ0) is 19.1. The van der Waals surface area contributed by atoms with Crippen molar-refractivity contribution in [3.63, 3.8) is 0 Å². The Bertz CT molecular complexity index is 1010. The van der Waals surface area contributed by atoms with Crippen LogP contribution in [0.5, 0.6) is 0 Å². The Morgan fingerprint density at radius 3 is 2.70 bits per heavy atom. The third kappa shape index (κ3) is 3.13. The van der Waals surface area contributed by atoms with Crippen molar-refractivity contribution >= 4 is 40.1 Å². The maximum absolute atomic E-state index is 12.0. The van der Waals surface area contributed by atoms with Gasteiger partial charge in [-0.25, -0.2) is 9.51 Å². The van der Waals surface area contributed by atoms with Gasteiger partial charge in [0.25, 0.3) is 0 Å². The summed E-state index contributed by atoms with van der Waals surface area (Å²) in [4.78, 5) is 21.3. The summed E-state index contributed by atoms with van der Waals surface area (Å²) in [6.07, 6.45) is 3.58. The fourth-order valence-corrected chi connectivity index (χ4v) is 3.53. The van der Waals surface area contributed by atoms with Crippen LogP contribution in [0.3, 0.4) is 0 Å². The van der Waals surface area contributed by atoms with Crippen molar-refractivity contribution in [1.29, 1.82) is 0 Å². The van der Waals surface area contributed by atoms with Crippen LogP contribution in [-0.2, 0) is 4.79 Å². The minimum absolute atomic E-state index is 0.0198. The van der Waals surface area contributed by atoms with Gasteiger partial charge in [0.1, 0.15) is 10.7 Å². The number of halogens is 1. The molecule has 0 aromatic carbocycles. The molecule has 2 N–H and O–H groups in total. The molecule has 4 rings (SSSR count). The van der Waals surface area contributed by atoms with Gasteiger partial charge in [-0.2, -0.15) is 0 Å². The first-order valence-corrected chi connectivity index (χ1v) is 9.21. The molecule has 0 bridgehead atoms. The molecule has 2 aromatic heterocycles. The molecular formula is C19H21ClN6O. The fourth-order valence-electron chi connectivity index (χ4n) is 3.28. The van der Waals surface area contributed by atoms with Gasteiger partial charge in [0.2, 0.25) is 5.78 Å². The van der Waals surface area contributed by atoms with E-state index in [2.05, 4.69) is 16.8 Å². The van der Waals surface area contributed by atoms with Crippen LogP contribution in [0.15, 0.2) is 51.8 Å². The molecule has 2 aromatic rings. The van der Waals surface area contributed by atoms with Gasteiger partial charge >= 0.3 is 0 Å². The molecule has 1 aliphatic carbocycles. The molecule has 0 amide bonds. The summed E-state index contributed by atoms with van der Waals surface area (Å²) in [5.74, 6) is 0.556. The number of hydrogen-bond donors (Lipinski definition) is 1. The summed E-state index contributed by atoms with van der Waals surface area (Å²) in [5.41, 5.74) is 8.92. The second-order valence-electron chi connectivity index (χ2n) is 6.87. The molecule has 3 heterocycles. The average Bonchev–Trinajstić information content (AvgIpc) is 3.03. The first kappa shape index (κ1) is 17.8. The molecule has 140 valence electrons. The highest BCUT2D eigenvalue weighted by molar-refractivity contribution is 6.49. The number of pyridine rings is 1. The van der Waals surface area contributed by atoms with Crippen LogP contribution in [0.4, 0.5) is 11.5 Å². The van der Waals surface area contributed by atoms with E-state index >= 15 is 0 Å². The van der Waals surface area contributed by atoms with Gasteiger partial charge in [-0.3, -0.25) is 4.79 Å². The number of nitrogens with two attached hydrogens (primary N) is 1. The summed E-state index contributed by atoms with van der Waals surface area (Å²) in [5, 5.41) is 4.76. The van der Waals surface area contributed by atoms with Gasteiger partial charge < -0.3 is 15.5 Å². The van der Waals surface area contributed by atoms with Crippen LogP contribution in [0.2, 0.25) is 0 Å². The van der Waals surface area contributed by atoms with Crippen LogP contribution >= 0.6 is 11.6 Å². The van der Waals surface area contributed by atoms with E-state index in [4.69, 9.17) is 27.4 Å². The predicted molar refractivity (Wildman–Crippen MR) is 108 cm³/mol. The Hall–Kier alpha value is -2.64. The first-order chi connectivity index (χ1) is 13.0. The van der Waals surface area contributed by atoms with Gasteiger partial charge in [0.15, 0.2) is 5.82 Å². The number of Topliss-reactive ketones (excluding diaryl/α,β-unsaturated/α-hetero) is 1. The number of aliphatic imine (C=N–C) groups is 1. The quantitative estimate of drug-likeness (QED) is 0.802. The third-order valence-electron chi connectivity index (χ3n) is 4.95. The van der Waals surface area contributed by atoms with Crippen LogP contribution in [0.25, 0.3) is 5.52 Å². The lowest BCUT2D eigenvalue weighted by molar-refractivity contribution is -0.111. The SMILES string of the molecule is CC1=C/C(=N\c2c(N3CCN(C)CC3)nn3ccccc23)C(N)=C(Cl)C1=O. The summed E-state index contributed by atoms with van der Waals surface area (Å²) < 4.78 is 1.82. The number of anilines is 1. The van der Waals surface area contributed by atoms with Crippen LogP contribution in [0, 0.1) is 0 Å². The molecule has 0 unspecified atom stereocenters. The van der Waals surface area contributed by atoms with E-state index in [-0.39, 0.29) is 16.5 Å². The van der Waals surface area contributed by atoms with E-state index in [0.717, 1.165) is 43.2 Å². The molecule has 27 heavy (non-hydrogen) atoms. The summed E-state index contributed by atoms with van der Waals surface area (Å²) in [6.45, 7) is 5.38. The second-order valence-corrected chi connectivity index (χ2v) is 7.25. The second kappa shape index (κ2) is 6.83. The predicted octanol–water partition coefficient (Wildman–Crippen LogP) is 2.10. The molecule has 0 radical (unpaired) electrons. The van der Waals surface area contributed by atoms with Gasteiger partial charge in [-0.1, -0.05) is 17.7 Å². The van der Waals surface area contributed by atoms with Gasteiger partial charge in [-0.15, -0.1) is 5.10 Å². The zero-order valence-corrected chi connectivity index (χ0v) is 16.1. The Kier molecular flexibility index (Phi) is 4.49. The number of aromatic nitrogens is 2. The van der Waals surface area contributed by atoms with Crippen molar-refractivity contribution in [2.75, 3.05) is 38.1 Å². The molecule has 1 aliphatic heterocycles. The van der Waals surface area contributed by atoms with Crippen molar-refractivity contribution in [3.8, 4) is 0 Å². The lowest BCUT2D eigenvalue weighted by atomic mass is 10.0. The van der Waals surface area contributed by atoms with Gasteiger partial charge in [-0.05, 0) is 32.2 Å². The van der Waals surface area contributed by atoms with Crippen molar-refractivity contribution in [2.45, 2.75) is 6.92 Å². The number of allylic oxidation sites excluding steroid dienone is 3. The normalized spacial score (nSPS) is 20.7. The maximum Gasteiger partial charge on any atom is 0.202 e. The van der Waals surface area contributed by atoms with Crippen LogP contribution in [0.1, 0.15) is 6.92 Å². The molecule has 0 atom stereocenters. The highest BCUT2D eigenvalue weighted by Gasteiger charge is 2.25. The minimum atomic E-state index is -0.257. The van der Waals surface area contributed by atoms with Crippen LogP contribution in [-0.4, -0.2) is 59.2 Å². The van der Waals surface area contributed by atoms with Crippen molar-refractivity contribution in [2.24, 2.45) is 10.7 Å². The Morgan fingerprint density at radius 2 is 1.96 bits per heavy atom. The number of ketones is 1. The van der Waals surface area contributed by atoms with E-state index in [1.807, 2.05) is 28.9 Å². The topological polar surface area (TPSA) is 79.2 Å². The summed E-state index contributed by atoms with van der Waals surface area (Å²) in [6, 6.07) is 5.85. The minimum Gasteiger partial charge on any atom is -0.396 e. The van der Waals surface area contributed by atoms with E-state index in [1.165, 1.54) is 0 Å². The average molecular weight is 385 g/mol. The third-order valence-corrected chi connectivity index (χ3v) is 5.33. The lowest BCUT2D eigenvalue weighted by Crippen LogP contribution is -2.44. The van der Waals surface area contributed by atoms with Gasteiger partial charge in [0.05, 0.1) is 16.9 Å². The Morgan fingerprint density at radius 1 is 1.22 bits per heavy atom. The highest BCUT2D eigenvalue weighted by Crippen LogP contribution is 2.34. The molecule has 0 spiro atoms. The number of hydrogen-bond acceptors (Lipinski definition) is 6. The van der Waals surface area contributed by atoms with Crippen molar-refractivity contribution < 1.29 is 4.79 Å². The molecule has 8 heteroatoms. The van der Waals surface area contributed by atoms with E-state index in [0.29, 0.717) is 11.3 Å². The van der Waals surface area contributed by atoms with Crippen molar-refractivity contribution in [1.82, 2.24) is 14.5 Å². The standard InChI is InChI=1S/C19H21ClN6O/c1-12-11-13(16(21)15(20)18(12)27)22-17-14-5-3-4-6-26(14)23-19(17)25-9-7-24(2)8-10-25/h3-6,11H,7-10,21H2,1-2H3/b22-13+. The molecule has 2 aliphatic rings. The van der Waals surface area contributed by atoms with E-state index in [1.54, 1.807) is 13.0 Å². The zero-order valence-electron chi connectivity index (χ0n) is 15.3. The number of piperazine rings is 1. The number of nitrogens with zero attached hydrogens (tertiary/aromatic N) is 5. The van der Waals surface area contributed by atoms with E-state index in [9.17, 15) is 4.79 Å². The lowest BCUT2D eigenvalue weighted by Gasteiger charge is -2.32. The molecule has 1 fully saturated rings. The molecular weight excluding hydrogens is 364 g/mol. The van der Waals surface area contributed by atoms with Crippen LogP contribution < -0.4 is 10.6 Å². The van der Waals surface area contributed by atoms with Crippen molar-refractivity contribution in [3.05, 3.63) is 46.8 Å². The Balaban J connectivity index is 1.86. The maximum atomic E-state index is 12.0. The summed E-state index contributed by atoms with van der Waals surface area (Å²) >= 11 is 6.12.